The standard InChI is InChI=1S/C12H14Cl2N2O2/c13-9-4-7(5-10(15)11(9)14)12(18)16-3-1-2-8(16)6-17/h4-5,8,17H,1-3,6,15H2/t8-/m0/s1. The number of halogens is 2. The van der Waals surface area contributed by atoms with Crippen molar-refractivity contribution >= 4 is 34.8 Å². The SMILES string of the molecule is Nc1cc(C(=O)N2CCC[C@H]2CO)cc(Cl)c1Cl. The Morgan fingerprint density at radius 1 is 1.50 bits per heavy atom. The molecule has 0 radical (unpaired) electrons. The van der Waals surface area contributed by atoms with Crippen molar-refractivity contribution in [3.8, 4) is 0 Å². The van der Waals surface area contributed by atoms with Crippen molar-refractivity contribution in [1.29, 1.82) is 0 Å². The molecule has 1 fully saturated rings. The number of hydrogen-bond donors (Lipinski definition) is 2. The lowest BCUT2D eigenvalue weighted by Crippen LogP contribution is -2.37. The van der Waals surface area contributed by atoms with Crippen molar-refractivity contribution in [2.24, 2.45) is 0 Å². The summed E-state index contributed by atoms with van der Waals surface area (Å²) in [6.07, 6.45) is 1.72. The molecule has 0 spiro atoms. The van der Waals surface area contributed by atoms with Crippen molar-refractivity contribution in [2.75, 3.05) is 18.9 Å². The van der Waals surface area contributed by atoms with Crippen molar-refractivity contribution in [3.05, 3.63) is 27.7 Å². The van der Waals surface area contributed by atoms with E-state index >= 15 is 0 Å². The monoisotopic (exact) mass is 288 g/mol. The Morgan fingerprint density at radius 3 is 2.83 bits per heavy atom. The third-order valence-electron chi connectivity index (χ3n) is 3.15. The number of hydrogen-bond acceptors (Lipinski definition) is 3. The number of likely N-dealkylation sites (tertiary alicyclic amines) is 1. The first-order valence-electron chi connectivity index (χ1n) is 5.71. The summed E-state index contributed by atoms with van der Waals surface area (Å²) in [5.41, 5.74) is 6.38. The van der Waals surface area contributed by atoms with Gasteiger partial charge in [0.15, 0.2) is 0 Å². The predicted molar refractivity (Wildman–Crippen MR) is 72.0 cm³/mol. The number of rotatable bonds is 2. The van der Waals surface area contributed by atoms with Gasteiger partial charge < -0.3 is 15.7 Å². The summed E-state index contributed by atoms with van der Waals surface area (Å²) in [5, 5.41) is 9.74. The first-order chi connectivity index (χ1) is 8.54. The van der Waals surface area contributed by atoms with Crippen molar-refractivity contribution in [1.82, 2.24) is 4.90 Å². The Morgan fingerprint density at radius 2 is 2.22 bits per heavy atom. The maximum absolute atomic E-state index is 12.3. The molecule has 3 N–H and O–H groups in total. The van der Waals surface area contributed by atoms with Crippen molar-refractivity contribution in [3.63, 3.8) is 0 Å². The molecule has 1 aromatic carbocycles. The molecule has 1 atom stereocenters. The minimum atomic E-state index is -0.170. The largest absolute Gasteiger partial charge is 0.397 e. The number of amides is 1. The number of aliphatic hydroxyl groups is 1. The minimum absolute atomic E-state index is 0.0253. The number of nitrogens with zero attached hydrogens (tertiary/aromatic N) is 1. The Kier molecular flexibility index (Phi) is 4.00. The predicted octanol–water partition coefficient (Wildman–Crippen LogP) is 2.17. The van der Waals surface area contributed by atoms with Crippen LogP contribution in [0.5, 0.6) is 0 Å². The highest BCUT2D eigenvalue weighted by Crippen LogP contribution is 2.30. The summed E-state index contributed by atoms with van der Waals surface area (Å²) in [5.74, 6) is -0.170. The Hall–Kier alpha value is -0.970. The van der Waals surface area contributed by atoms with Crippen LogP contribution in [0.2, 0.25) is 10.0 Å². The van der Waals surface area contributed by atoms with E-state index in [1.54, 1.807) is 4.90 Å². The second-order valence-corrected chi connectivity index (χ2v) is 5.12. The fourth-order valence-corrected chi connectivity index (χ4v) is 2.53. The smallest absolute Gasteiger partial charge is 0.254 e. The van der Waals surface area contributed by atoms with Gasteiger partial charge in [-0.2, -0.15) is 0 Å². The first kappa shape index (κ1) is 13.5. The van der Waals surface area contributed by atoms with Crippen LogP contribution in [-0.2, 0) is 0 Å². The van der Waals surface area contributed by atoms with Crippen LogP contribution in [0.25, 0.3) is 0 Å². The van der Waals surface area contributed by atoms with E-state index in [0.717, 1.165) is 12.8 Å². The molecule has 1 aliphatic heterocycles. The first-order valence-corrected chi connectivity index (χ1v) is 6.46. The summed E-state index contributed by atoms with van der Waals surface area (Å²) in [7, 11) is 0. The van der Waals surface area contributed by atoms with Gasteiger partial charge in [-0.3, -0.25) is 4.79 Å². The lowest BCUT2D eigenvalue weighted by molar-refractivity contribution is 0.0677. The second kappa shape index (κ2) is 5.34. The molecule has 18 heavy (non-hydrogen) atoms. The Labute approximate surface area is 115 Å². The van der Waals surface area contributed by atoms with E-state index in [1.165, 1.54) is 12.1 Å². The molecule has 0 aromatic heterocycles. The highest BCUT2D eigenvalue weighted by Gasteiger charge is 2.29. The van der Waals surface area contributed by atoms with Crippen molar-refractivity contribution in [2.45, 2.75) is 18.9 Å². The molecular formula is C12H14Cl2N2O2. The van der Waals surface area contributed by atoms with Gasteiger partial charge in [0.05, 0.1) is 28.4 Å². The third kappa shape index (κ3) is 2.41. The van der Waals surface area contributed by atoms with Crippen LogP contribution in [-0.4, -0.2) is 35.1 Å². The van der Waals surface area contributed by atoms with Gasteiger partial charge in [0, 0.05) is 12.1 Å². The fourth-order valence-electron chi connectivity index (χ4n) is 2.19. The number of nitrogens with two attached hydrogens (primary N) is 1. The highest BCUT2D eigenvalue weighted by atomic mass is 35.5. The molecule has 98 valence electrons. The molecule has 1 aromatic rings. The van der Waals surface area contributed by atoms with E-state index in [4.69, 9.17) is 28.9 Å². The number of carbonyl (C=O) groups excluding carboxylic acids is 1. The molecule has 1 heterocycles. The van der Waals surface area contributed by atoms with Crippen LogP contribution in [0.15, 0.2) is 12.1 Å². The van der Waals surface area contributed by atoms with Gasteiger partial charge in [0.2, 0.25) is 0 Å². The molecule has 1 aliphatic rings. The number of benzene rings is 1. The summed E-state index contributed by atoms with van der Waals surface area (Å²) >= 11 is 11.8. The average molecular weight is 289 g/mol. The quantitative estimate of drug-likeness (QED) is 0.820. The van der Waals surface area contributed by atoms with Gasteiger partial charge in [-0.15, -0.1) is 0 Å². The van der Waals surface area contributed by atoms with Gasteiger partial charge in [-0.25, -0.2) is 0 Å². The lowest BCUT2D eigenvalue weighted by atomic mass is 10.1. The van der Waals surface area contributed by atoms with E-state index in [9.17, 15) is 9.90 Å². The zero-order valence-electron chi connectivity index (χ0n) is 9.70. The third-order valence-corrected chi connectivity index (χ3v) is 3.97. The normalized spacial score (nSPS) is 19.3. The van der Waals surface area contributed by atoms with Crippen LogP contribution in [0, 0.1) is 0 Å². The van der Waals surface area contributed by atoms with Crippen LogP contribution in [0.4, 0.5) is 5.69 Å². The van der Waals surface area contributed by atoms with Crippen LogP contribution >= 0.6 is 23.2 Å². The van der Waals surface area contributed by atoms with E-state index in [-0.39, 0.29) is 34.3 Å². The molecular weight excluding hydrogens is 275 g/mol. The zero-order valence-corrected chi connectivity index (χ0v) is 11.2. The topological polar surface area (TPSA) is 66.6 Å². The summed E-state index contributed by atoms with van der Waals surface area (Å²) < 4.78 is 0. The van der Waals surface area contributed by atoms with Gasteiger partial charge >= 0.3 is 0 Å². The van der Waals surface area contributed by atoms with Crippen LogP contribution in [0.3, 0.4) is 0 Å². The molecule has 0 saturated carbocycles. The lowest BCUT2D eigenvalue weighted by Gasteiger charge is -2.23. The summed E-state index contributed by atoms with van der Waals surface area (Å²) in [6, 6.07) is 2.91. The van der Waals surface area contributed by atoms with Crippen molar-refractivity contribution < 1.29 is 9.90 Å². The summed E-state index contributed by atoms with van der Waals surface area (Å²) in [6.45, 7) is 0.618. The molecule has 2 rings (SSSR count). The molecule has 0 bridgehead atoms. The molecule has 6 heteroatoms. The van der Waals surface area contributed by atoms with Crippen LogP contribution in [0.1, 0.15) is 23.2 Å². The average Bonchev–Trinajstić information content (AvgIpc) is 2.82. The number of aliphatic hydroxyl groups excluding tert-OH is 1. The second-order valence-electron chi connectivity index (χ2n) is 4.34. The van der Waals surface area contributed by atoms with E-state index in [2.05, 4.69) is 0 Å². The molecule has 1 saturated heterocycles. The zero-order chi connectivity index (χ0) is 13.3. The fraction of sp³-hybridized carbons (Fsp3) is 0.417. The van der Waals surface area contributed by atoms with Crippen LogP contribution < -0.4 is 5.73 Å². The molecule has 4 nitrogen and oxygen atoms in total. The Balaban J connectivity index is 2.29. The molecule has 0 unspecified atom stereocenters. The maximum atomic E-state index is 12.3. The van der Waals surface area contributed by atoms with E-state index in [1.807, 2.05) is 0 Å². The number of nitrogen functional groups attached to an aromatic ring is 1. The van der Waals surface area contributed by atoms with Gasteiger partial charge in [-0.1, -0.05) is 23.2 Å². The maximum Gasteiger partial charge on any atom is 0.254 e. The Bertz CT molecular complexity index is 456. The molecule has 1 amide bonds. The van der Waals surface area contributed by atoms with E-state index < -0.39 is 0 Å². The molecule has 0 aliphatic carbocycles. The number of carbonyl (C=O) groups is 1. The van der Waals surface area contributed by atoms with Gasteiger partial charge in [0.25, 0.3) is 5.91 Å². The summed E-state index contributed by atoms with van der Waals surface area (Å²) in [4.78, 5) is 13.9. The minimum Gasteiger partial charge on any atom is -0.397 e. The number of anilines is 1. The highest BCUT2D eigenvalue weighted by molar-refractivity contribution is 6.43. The van der Waals surface area contributed by atoms with E-state index in [0.29, 0.717) is 12.1 Å². The van der Waals surface area contributed by atoms with Gasteiger partial charge in [-0.05, 0) is 25.0 Å². The van der Waals surface area contributed by atoms with Gasteiger partial charge in [0.1, 0.15) is 0 Å².